The monoisotopic (exact) mass is 262 g/mol. The van der Waals surface area contributed by atoms with Crippen molar-refractivity contribution in [2.24, 2.45) is 0 Å². The van der Waals surface area contributed by atoms with Crippen LogP contribution in [0.2, 0.25) is 0 Å². The Kier molecular flexibility index (Phi) is 14.1. The molecule has 0 spiro atoms. The van der Waals surface area contributed by atoms with E-state index >= 15 is 0 Å². The van der Waals surface area contributed by atoms with Crippen molar-refractivity contribution in [3.8, 4) is 0 Å². The number of hydrogen-bond donors (Lipinski definition) is 0. The van der Waals surface area contributed by atoms with Gasteiger partial charge in [-0.25, -0.2) is 0 Å². The van der Waals surface area contributed by atoms with E-state index in [0.717, 1.165) is 0 Å². The lowest BCUT2D eigenvalue weighted by atomic mass is 10.2. The highest BCUT2D eigenvalue weighted by Gasteiger charge is 1.96. The Hall–Kier alpha value is 0.570. The second-order valence-corrected chi connectivity index (χ2v) is 7.79. The largest absolute Gasteiger partial charge is 0.122 e. The van der Waals surface area contributed by atoms with Gasteiger partial charge in [-0.15, -0.1) is 9.45 Å². The lowest BCUT2D eigenvalue weighted by Crippen LogP contribution is -2.01. The summed E-state index contributed by atoms with van der Waals surface area (Å²) in [6, 6.07) is 0. The van der Waals surface area contributed by atoms with Crippen LogP contribution in [-0.2, 0) is 20.6 Å². The Labute approximate surface area is 110 Å². The molecule has 2 heteroatoms. The van der Waals surface area contributed by atoms with E-state index in [2.05, 4.69) is 13.8 Å². The van der Waals surface area contributed by atoms with Crippen LogP contribution in [0.3, 0.4) is 0 Å². The Morgan fingerprint density at radius 3 is 1.38 bits per heavy atom. The van der Waals surface area contributed by atoms with E-state index < -0.39 is 0 Å². The standard InChI is InChI=1S/C14H30S2/c1-3-5-7-9-11-13-16(15)14-12-10-8-6-4-2/h3-14H2,1-2H3. The van der Waals surface area contributed by atoms with Crippen molar-refractivity contribution in [2.45, 2.75) is 78.1 Å². The quantitative estimate of drug-likeness (QED) is 0.446. The lowest BCUT2D eigenvalue weighted by molar-refractivity contribution is 0.654. The van der Waals surface area contributed by atoms with Crippen molar-refractivity contribution >= 4 is 20.6 Å². The minimum Gasteiger partial charge on any atom is -0.122 e. The first-order valence-electron chi connectivity index (χ1n) is 7.16. The molecule has 0 radical (unpaired) electrons. The summed E-state index contributed by atoms with van der Waals surface area (Å²) in [5.41, 5.74) is 0. The van der Waals surface area contributed by atoms with Gasteiger partial charge in [0.2, 0.25) is 0 Å². The summed E-state index contributed by atoms with van der Waals surface area (Å²) < 4.78 is 0. The molecule has 0 saturated heterocycles. The summed E-state index contributed by atoms with van der Waals surface area (Å²) in [7, 11) is 0.302. The summed E-state index contributed by atoms with van der Waals surface area (Å²) in [5, 5.41) is 0. The summed E-state index contributed by atoms with van der Waals surface area (Å²) in [5.74, 6) is 2.62. The maximum Gasteiger partial charge on any atom is -0.00208 e. The van der Waals surface area contributed by atoms with Crippen LogP contribution in [0.15, 0.2) is 0 Å². The van der Waals surface area contributed by atoms with Gasteiger partial charge in [-0.1, -0.05) is 76.4 Å². The predicted octanol–water partition coefficient (Wildman–Crippen LogP) is 5.01. The van der Waals surface area contributed by atoms with Gasteiger partial charge >= 0.3 is 0 Å². The van der Waals surface area contributed by atoms with Gasteiger partial charge in [-0.2, -0.15) is 0 Å². The summed E-state index contributed by atoms with van der Waals surface area (Å²) in [6.45, 7) is 4.54. The van der Waals surface area contributed by atoms with E-state index in [1.54, 1.807) is 0 Å². The fourth-order valence-corrected chi connectivity index (χ4v) is 3.80. The number of unbranched alkanes of at least 4 members (excludes halogenated alkanes) is 8. The molecule has 0 aromatic heterocycles. The Balaban J connectivity index is 3.12. The van der Waals surface area contributed by atoms with Crippen molar-refractivity contribution in [1.82, 2.24) is 0 Å². The second kappa shape index (κ2) is 13.6. The molecule has 0 aliphatic rings. The van der Waals surface area contributed by atoms with Crippen molar-refractivity contribution in [2.75, 3.05) is 11.5 Å². The van der Waals surface area contributed by atoms with Crippen molar-refractivity contribution in [1.29, 1.82) is 0 Å². The SMILES string of the molecule is CCCCCCCS(=S)CCCCCCC. The van der Waals surface area contributed by atoms with E-state index in [9.17, 15) is 0 Å². The zero-order chi connectivity index (χ0) is 12.1. The highest BCUT2D eigenvalue weighted by atomic mass is 32.8. The molecule has 0 bridgehead atoms. The highest BCUT2D eigenvalue weighted by molar-refractivity contribution is 8.28. The van der Waals surface area contributed by atoms with Crippen LogP contribution < -0.4 is 0 Å². The zero-order valence-corrected chi connectivity index (χ0v) is 12.9. The van der Waals surface area contributed by atoms with Gasteiger partial charge in [0.15, 0.2) is 0 Å². The van der Waals surface area contributed by atoms with E-state index in [-0.39, 0.29) is 0 Å². The first kappa shape index (κ1) is 16.6. The van der Waals surface area contributed by atoms with E-state index in [1.165, 1.54) is 75.7 Å². The first-order chi connectivity index (χ1) is 7.81. The maximum absolute atomic E-state index is 5.52. The lowest BCUT2D eigenvalue weighted by Gasteiger charge is -2.05. The minimum absolute atomic E-state index is 0.302. The molecule has 0 aliphatic heterocycles. The molecule has 0 nitrogen and oxygen atoms in total. The van der Waals surface area contributed by atoms with Crippen molar-refractivity contribution < 1.29 is 0 Å². The third-order valence-electron chi connectivity index (χ3n) is 2.95. The average molecular weight is 263 g/mol. The highest BCUT2D eigenvalue weighted by Crippen LogP contribution is 2.06. The van der Waals surface area contributed by atoms with Crippen LogP contribution >= 0.6 is 0 Å². The topological polar surface area (TPSA) is 0 Å². The van der Waals surface area contributed by atoms with Crippen LogP contribution in [0, 0.1) is 0 Å². The van der Waals surface area contributed by atoms with Crippen LogP contribution in [0.4, 0.5) is 0 Å². The molecule has 0 aromatic rings. The van der Waals surface area contributed by atoms with Gasteiger partial charge in [-0.3, -0.25) is 0 Å². The normalized spacial score (nSPS) is 11.2. The van der Waals surface area contributed by atoms with Crippen LogP contribution in [0.25, 0.3) is 0 Å². The fraction of sp³-hybridized carbons (Fsp3) is 1.00. The van der Waals surface area contributed by atoms with Gasteiger partial charge in [0, 0.05) is 0 Å². The molecule has 0 atom stereocenters. The molecule has 0 saturated carbocycles. The average Bonchev–Trinajstić information content (AvgIpc) is 2.28. The molecular weight excluding hydrogens is 232 g/mol. The molecule has 0 heterocycles. The molecule has 0 aliphatic carbocycles. The molecule has 0 amide bonds. The maximum atomic E-state index is 5.52. The van der Waals surface area contributed by atoms with Gasteiger partial charge in [0.1, 0.15) is 0 Å². The van der Waals surface area contributed by atoms with E-state index in [4.69, 9.17) is 11.2 Å². The number of rotatable bonds is 12. The number of hydrogen-bond acceptors (Lipinski definition) is 1. The Morgan fingerprint density at radius 2 is 1.00 bits per heavy atom. The third-order valence-corrected chi connectivity index (χ3v) is 5.44. The van der Waals surface area contributed by atoms with Crippen molar-refractivity contribution in [3.05, 3.63) is 0 Å². The molecule has 0 rings (SSSR count). The molecule has 16 heavy (non-hydrogen) atoms. The molecule has 0 aromatic carbocycles. The Morgan fingerprint density at radius 1 is 0.625 bits per heavy atom. The first-order valence-corrected chi connectivity index (χ1v) is 9.65. The van der Waals surface area contributed by atoms with Gasteiger partial charge in [-0.05, 0) is 24.3 Å². The minimum atomic E-state index is 0.302. The summed E-state index contributed by atoms with van der Waals surface area (Å²) >= 11 is 5.52. The van der Waals surface area contributed by atoms with Crippen LogP contribution in [-0.4, -0.2) is 11.5 Å². The smallest absolute Gasteiger partial charge is 0.00208 e. The van der Waals surface area contributed by atoms with E-state index in [0.29, 0.717) is 9.45 Å². The predicted molar refractivity (Wildman–Crippen MR) is 82.0 cm³/mol. The van der Waals surface area contributed by atoms with Gasteiger partial charge in [0.25, 0.3) is 0 Å². The molecule has 0 N–H and O–H groups in total. The van der Waals surface area contributed by atoms with Crippen LogP contribution in [0.5, 0.6) is 0 Å². The van der Waals surface area contributed by atoms with Crippen LogP contribution in [0.1, 0.15) is 78.1 Å². The third kappa shape index (κ3) is 12.6. The van der Waals surface area contributed by atoms with Crippen molar-refractivity contribution in [3.63, 3.8) is 0 Å². The second-order valence-electron chi connectivity index (χ2n) is 4.68. The molecular formula is C14H30S2. The fourth-order valence-electron chi connectivity index (χ4n) is 1.84. The van der Waals surface area contributed by atoms with Gasteiger partial charge < -0.3 is 0 Å². The summed E-state index contributed by atoms with van der Waals surface area (Å²) in [6.07, 6.45) is 13.9. The zero-order valence-electron chi connectivity index (χ0n) is 11.3. The molecule has 98 valence electrons. The summed E-state index contributed by atoms with van der Waals surface area (Å²) in [4.78, 5) is 0. The van der Waals surface area contributed by atoms with E-state index in [1.807, 2.05) is 0 Å². The molecule has 0 fully saturated rings. The van der Waals surface area contributed by atoms with Gasteiger partial charge in [0.05, 0.1) is 0 Å². The molecule has 0 unspecified atom stereocenters. The Bertz CT molecular complexity index is 139.